The smallest absolute Gasteiger partial charge is 0.212 e. The maximum absolute atomic E-state index is 11.4. The molecule has 0 aromatic heterocycles. The van der Waals surface area contributed by atoms with Gasteiger partial charge in [0.1, 0.15) is 5.84 Å². The minimum atomic E-state index is -1.32. The summed E-state index contributed by atoms with van der Waals surface area (Å²) in [5.41, 5.74) is 0.128. The molecule has 0 amide bonds. The molecule has 5 heteroatoms. The highest BCUT2D eigenvalue weighted by atomic mass is 32.2. The average molecular weight is 299 g/mol. The predicted octanol–water partition coefficient (Wildman–Crippen LogP) is 3.54. The Labute approximate surface area is 126 Å². The molecule has 0 saturated heterocycles. The first-order valence-corrected chi connectivity index (χ1v) is 9.03. The molecule has 1 aliphatic rings. The predicted molar refractivity (Wildman–Crippen MR) is 88.0 cm³/mol. The highest BCUT2D eigenvalue weighted by Crippen LogP contribution is 2.44. The fourth-order valence-corrected chi connectivity index (χ4v) is 3.40. The monoisotopic (exact) mass is 299 g/mol. The molecule has 1 unspecified atom stereocenters. The Morgan fingerprint density at radius 2 is 1.90 bits per heavy atom. The number of nitrogens with one attached hydrogen (secondary N) is 1. The molecule has 1 N–H and O–H groups in total. The van der Waals surface area contributed by atoms with Gasteiger partial charge in [-0.25, -0.2) is 4.99 Å². The van der Waals surface area contributed by atoms with E-state index in [2.05, 4.69) is 44.5 Å². The van der Waals surface area contributed by atoms with Gasteiger partial charge in [-0.3, -0.25) is 9.62 Å². The van der Waals surface area contributed by atoms with Crippen molar-refractivity contribution in [2.75, 3.05) is 6.26 Å². The van der Waals surface area contributed by atoms with Crippen LogP contribution >= 0.6 is 0 Å². The van der Waals surface area contributed by atoms with Crippen LogP contribution in [-0.2, 0) is 10.8 Å². The van der Waals surface area contributed by atoms with Crippen LogP contribution in [0.1, 0.15) is 66.7 Å². The van der Waals surface area contributed by atoms with E-state index in [4.69, 9.17) is 5.41 Å². The van der Waals surface area contributed by atoms with Crippen LogP contribution in [-0.4, -0.2) is 37.4 Å². The Kier molecular flexibility index (Phi) is 5.53. The second-order valence-corrected chi connectivity index (χ2v) is 7.87. The van der Waals surface area contributed by atoms with E-state index in [9.17, 15) is 4.21 Å². The van der Waals surface area contributed by atoms with Crippen LogP contribution in [0.15, 0.2) is 4.99 Å². The molecule has 1 fully saturated rings. The van der Waals surface area contributed by atoms with E-state index in [-0.39, 0.29) is 16.2 Å². The van der Waals surface area contributed by atoms with Crippen LogP contribution in [0.4, 0.5) is 0 Å². The van der Waals surface area contributed by atoms with E-state index in [1.165, 1.54) is 25.5 Å². The van der Waals surface area contributed by atoms with Crippen molar-refractivity contribution in [3.63, 3.8) is 0 Å². The van der Waals surface area contributed by atoms with Gasteiger partial charge in [0, 0.05) is 23.8 Å². The third-order valence-electron chi connectivity index (χ3n) is 4.16. The molecule has 0 bridgehead atoms. The van der Waals surface area contributed by atoms with Gasteiger partial charge in [-0.15, -0.1) is 0 Å². The average Bonchev–Trinajstić information content (AvgIpc) is 2.29. The first-order chi connectivity index (χ1) is 9.18. The molecule has 0 aromatic rings. The largest absolute Gasteiger partial charge is 0.349 e. The fourth-order valence-electron chi connectivity index (χ4n) is 3.16. The zero-order valence-corrected chi connectivity index (χ0v) is 14.6. The fraction of sp³-hybridized carbons (Fsp3) is 0.867. The van der Waals surface area contributed by atoms with Crippen molar-refractivity contribution < 1.29 is 4.21 Å². The molecule has 20 heavy (non-hydrogen) atoms. The molecule has 1 aliphatic carbocycles. The zero-order valence-electron chi connectivity index (χ0n) is 13.7. The lowest BCUT2D eigenvalue weighted by molar-refractivity contribution is 0.0100. The molecule has 0 heterocycles. The quantitative estimate of drug-likeness (QED) is 0.640. The van der Waals surface area contributed by atoms with E-state index < -0.39 is 10.8 Å². The summed E-state index contributed by atoms with van der Waals surface area (Å²) >= 11 is 0. The van der Waals surface area contributed by atoms with Gasteiger partial charge in [0.15, 0.2) is 0 Å². The van der Waals surface area contributed by atoms with Crippen molar-refractivity contribution in [2.45, 2.75) is 77.8 Å². The highest BCUT2D eigenvalue weighted by molar-refractivity contribution is 7.99. The van der Waals surface area contributed by atoms with E-state index >= 15 is 0 Å². The minimum Gasteiger partial charge on any atom is -0.349 e. The van der Waals surface area contributed by atoms with E-state index in [0.717, 1.165) is 18.7 Å². The van der Waals surface area contributed by atoms with Crippen molar-refractivity contribution in [3.8, 4) is 0 Å². The molecular weight excluding hydrogens is 270 g/mol. The lowest BCUT2D eigenvalue weighted by atomic mass is 9.71. The molecule has 0 radical (unpaired) electrons. The number of rotatable bonds is 3. The summed E-state index contributed by atoms with van der Waals surface area (Å²) in [6, 6.07) is 0. The number of aliphatic imine (C=N–C) groups is 1. The van der Waals surface area contributed by atoms with Gasteiger partial charge in [-0.05, 0) is 46.5 Å². The van der Waals surface area contributed by atoms with Crippen molar-refractivity contribution in [1.82, 2.24) is 4.90 Å². The molecule has 1 atom stereocenters. The first-order valence-electron chi connectivity index (χ1n) is 7.48. The second-order valence-electron chi connectivity index (χ2n) is 6.58. The molecular formula is C15H29N3OS. The van der Waals surface area contributed by atoms with Crippen LogP contribution in [0, 0.1) is 5.41 Å². The summed E-state index contributed by atoms with van der Waals surface area (Å²) in [6.45, 7) is 10.9. The SMILES string of the molecule is CCC(=NC(=N)S(C)=O)N(C(C)(C)C)C1(CC)CCC1. The van der Waals surface area contributed by atoms with Crippen molar-refractivity contribution >= 4 is 21.8 Å². The summed E-state index contributed by atoms with van der Waals surface area (Å²) in [4.78, 5) is 6.78. The van der Waals surface area contributed by atoms with Crippen LogP contribution in [0.2, 0.25) is 0 Å². The maximum Gasteiger partial charge on any atom is 0.212 e. The summed E-state index contributed by atoms with van der Waals surface area (Å²) in [5, 5.41) is 7.77. The summed E-state index contributed by atoms with van der Waals surface area (Å²) in [5.74, 6) is 0.902. The Morgan fingerprint density at radius 3 is 2.15 bits per heavy atom. The lowest BCUT2D eigenvalue weighted by Crippen LogP contribution is -2.62. The number of hydrogen-bond acceptors (Lipinski definition) is 2. The van der Waals surface area contributed by atoms with Crippen LogP contribution in [0.5, 0.6) is 0 Å². The van der Waals surface area contributed by atoms with Gasteiger partial charge in [-0.1, -0.05) is 13.8 Å². The van der Waals surface area contributed by atoms with Crippen LogP contribution in [0.3, 0.4) is 0 Å². The minimum absolute atomic E-state index is 0.0262. The molecule has 0 spiro atoms. The van der Waals surface area contributed by atoms with Crippen LogP contribution in [0.25, 0.3) is 0 Å². The topological polar surface area (TPSA) is 56.5 Å². The van der Waals surface area contributed by atoms with Crippen molar-refractivity contribution in [1.29, 1.82) is 5.41 Å². The molecule has 0 aromatic carbocycles. The standard InChI is InChI=1S/C15H29N3OS/c1-7-12(17-13(16)20(6)19)18(14(3,4)5)15(8-2)10-9-11-15/h16H,7-11H2,1-6H3. The summed E-state index contributed by atoms with van der Waals surface area (Å²) < 4.78 is 11.4. The van der Waals surface area contributed by atoms with Gasteiger partial charge in [0.05, 0.1) is 10.8 Å². The Hall–Kier alpha value is -0.710. The van der Waals surface area contributed by atoms with Crippen LogP contribution < -0.4 is 0 Å². The second kappa shape index (κ2) is 6.37. The van der Waals surface area contributed by atoms with Gasteiger partial charge in [0.25, 0.3) is 0 Å². The third-order valence-corrected chi connectivity index (χ3v) is 4.80. The Bertz CT molecular complexity index is 414. The Morgan fingerprint density at radius 1 is 1.35 bits per heavy atom. The third kappa shape index (κ3) is 3.48. The van der Waals surface area contributed by atoms with Crippen molar-refractivity contribution in [3.05, 3.63) is 0 Å². The van der Waals surface area contributed by atoms with E-state index in [0.29, 0.717) is 0 Å². The van der Waals surface area contributed by atoms with Gasteiger partial charge >= 0.3 is 0 Å². The Balaban J connectivity index is 3.22. The molecule has 1 saturated carbocycles. The molecule has 0 aliphatic heterocycles. The van der Waals surface area contributed by atoms with E-state index in [1.54, 1.807) is 0 Å². The first kappa shape index (κ1) is 17.3. The zero-order chi connectivity index (χ0) is 15.6. The summed E-state index contributed by atoms with van der Waals surface area (Å²) in [6.07, 6.45) is 6.99. The molecule has 4 nitrogen and oxygen atoms in total. The number of nitrogens with zero attached hydrogens (tertiary/aromatic N) is 2. The van der Waals surface area contributed by atoms with Gasteiger partial charge in [-0.2, -0.15) is 0 Å². The lowest BCUT2D eigenvalue weighted by Gasteiger charge is -2.57. The van der Waals surface area contributed by atoms with Gasteiger partial charge in [0.2, 0.25) is 5.17 Å². The molecule has 116 valence electrons. The molecule has 1 rings (SSSR count). The van der Waals surface area contributed by atoms with Crippen molar-refractivity contribution in [2.24, 2.45) is 4.99 Å². The normalized spacial score (nSPS) is 20.2. The maximum atomic E-state index is 11.4. The van der Waals surface area contributed by atoms with Gasteiger partial charge < -0.3 is 4.90 Å². The van der Waals surface area contributed by atoms with E-state index in [1.807, 2.05) is 0 Å². The number of amidine groups is 2. The summed E-state index contributed by atoms with van der Waals surface area (Å²) in [7, 11) is -1.32. The highest BCUT2D eigenvalue weighted by Gasteiger charge is 2.46. The number of hydrogen-bond donors (Lipinski definition) is 1.